The lowest BCUT2D eigenvalue weighted by Crippen LogP contribution is -2.49. The standard InChI is InChI=1S/C10H18N2O4/c1-4-15-8(13)7-6-10(3,12-11-7)9(14)16-5-2/h7,11-12H,4-6H2,1-3H3. The van der Waals surface area contributed by atoms with Crippen LogP contribution in [0, 0.1) is 0 Å². The summed E-state index contributed by atoms with van der Waals surface area (Å²) in [4.78, 5) is 23.1. The number of esters is 2. The normalized spacial score (nSPS) is 28.8. The Morgan fingerprint density at radius 1 is 1.31 bits per heavy atom. The highest BCUT2D eigenvalue weighted by Crippen LogP contribution is 2.20. The van der Waals surface area contributed by atoms with Crippen molar-refractivity contribution in [2.45, 2.75) is 38.8 Å². The Morgan fingerprint density at radius 2 is 1.94 bits per heavy atom. The van der Waals surface area contributed by atoms with Gasteiger partial charge in [0.25, 0.3) is 0 Å². The molecular formula is C10H18N2O4. The van der Waals surface area contributed by atoms with Crippen LogP contribution in [-0.4, -0.2) is 36.7 Å². The van der Waals surface area contributed by atoms with Crippen molar-refractivity contribution < 1.29 is 19.1 Å². The van der Waals surface area contributed by atoms with Gasteiger partial charge in [0.2, 0.25) is 0 Å². The van der Waals surface area contributed by atoms with Gasteiger partial charge in [0.05, 0.1) is 13.2 Å². The maximum atomic E-state index is 11.6. The number of rotatable bonds is 4. The number of carbonyl (C=O) groups excluding carboxylic acids is 2. The molecule has 1 heterocycles. The first kappa shape index (κ1) is 12.9. The summed E-state index contributed by atoms with van der Waals surface area (Å²) in [5, 5.41) is 0. The smallest absolute Gasteiger partial charge is 0.327 e. The van der Waals surface area contributed by atoms with Crippen LogP contribution >= 0.6 is 0 Å². The van der Waals surface area contributed by atoms with E-state index in [4.69, 9.17) is 9.47 Å². The lowest BCUT2D eigenvalue weighted by Gasteiger charge is -2.20. The van der Waals surface area contributed by atoms with Crippen LogP contribution in [0.15, 0.2) is 0 Å². The van der Waals surface area contributed by atoms with Gasteiger partial charge in [-0.2, -0.15) is 0 Å². The summed E-state index contributed by atoms with van der Waals surface area (Å²) in [5.41, 5.74) is 4.66. The molecule has 1 aliphatic rings. The predicted octanol–water partition coefficient (Wildman–Crippen LogP) is -0.262. The van der Waals surface area contributed by atoms with Gasteiger partial charge in [-0.05, 0) is 20.8 Å². The van der Waals surface area contributed by atoms with Crippen molar-refractivity contribution in [1.29, 1.82) is 0 Å². The second-order valence-corrected chi connectivity index (χ2v) is 3.83. The van der Waals surface area contributed by atoms with E-state index in [1.165, 1.54) is 0 Å². The third-order valence-corrected chi connectivity index (χ3v) is 2.43. The molecule has 0 aromatic rings. The largest absolute Gasteiger partial charge is 0.465 e. The molecule has 0 radical (unpaired) electrons. The highest BCUT2D eigenvalue weighted by atomic mass is 16.5. The van der Waals surface area contributed by atoms with E-state index in [1.807, 2.05) is 0 Å². The minimum absolute atomic E-state index is 0.320. The topological polar surface area (TPSA) is 76.7 Å². The van der Waals surface area contributed by atoms with E-state index in [-0.39, 0.29) is 11.9 Å². The molecule has 1 fully saturated rings. The summed E-state index contributed by atoms with van der Waals surface area (Å²) in [6.45, 7) is 5.82. The second kappa shape index (κ2) is 5.27. The van der Waals surface area contributed by atoms with Crippen molar-refractivity contribution in [1.82, 2.24) is 10.9 Å². The predicted molar refractivity (Wildman–Crippen MR) is 56.3 cm³/mol. The third kappa shape index (κ3) is 2.70. The first-order valence-electron chi connectivity index (χ1n) is 5.40. The van der Waals surface area contributed by atoms with E-state index in [0.717, 1.165) is 0 Å². The molecule has 6 heteroatoms. The fourth-order valence-electron chi connectivity index (χ4n) is 1.57. The van der Waals surface area contributed by atoms with Gasteiger partial charge in [-0.15, -0.1) is 0 Å². The van der Waals surface area contributed by atoms with Gasteiger partial charge >= 0.3 is 11.9 Å². The lowest BCUT2D eigenvalue weighted by molar-refractivity contribution is -0.150. The summed E-state index contributed by atoms with van der Waals surface area (Å²) >= 11 is 0. The summed E-state index contributed by atoms with van der Waals surface area (Å²) in [7, 11) is 0. The number of carbonyl (C=O) groups is 2. The molecule has 6 nitrogen and oxygen atoms in total. The Morgan fingerprint density at radius 3 is 2.50 bits per heavy atom. The van der Waals surface area contributed by atoms with E-state index in [1.54, 1.807) is 20.8 Å². The molecular weight excluding hydrogens is 212 g/mol. The van der Waals surface area contributed by atoms with Crippen LogP contribution in [0.5, 0.6) is 0 Å². The van der Waals surface area contributed by atoms with Gasteiger partial charge in [-0.3, -0.25) is 9.59 Å². The van der Waals surface area contributed by atoms with E-state index in [2.05, 4.69) is 10.9 Å². The molecule has 0 spiro atoms. The number of ether oxygens (including phenoxy) is 2. The molecule has 0 aliphatic carbocycles. The monoisotopic (exact) mass is 230 g/mol. The molecule has 2 N–H and O–H groups in total. The van der Waals surface area contributed by atoms with Crippen LogP contribution in [0.2, 0.25) is 0 Å². The number of hydrogen-bond donors (Lipinski definition) is 2. The summed E-state index contributed by atoms with van der Waals surface area (Å²) < 4.78 is 9.79. The molecule has 1 saturated heterocycles. The Bertz CT molecular complexity index is 282. The van der Waals surface area contributed by atoms with Crippen molar-refractivity contribution in [3.05, 3.63) is 0 Å². The molecule has 0 bridgehead atoms. The quantitative estimate of drug-likeness (QED) is 0.648. The Kier molecular flexibility index (Phi) is 4.26. The van der Waals surface area contributed by atoms with Crippen molar-refractivity contribution >= 4 is 11.9 Å². The molecule has 92 valence electrons. The van der Waals surface area contributed by atoms with Crippen molar-refractivity contribution in [2.24, 2.45) is 0 Å². The average molecular weight is 230 g/mol. The van der Waals surface area contributed by atoms with E-state index in [0.29, 0.717) is 19.6 Å². The summed E-state index contributed by atoms with van der Waals surface area (Å²) in [5.74, 6) is -0.725. The van der Waals surface area contributed by atoms with Gasteiger partial charge in [0.15, 0.2) is 0 Å². The SMILES string of the molecule is CCOC(=O)C1CC(C)(C(=O)OCC)NN1. The summed E-state index contributed by atoms with van der Waals surface area (Å²) in [6, 6.07) is -0.505. The zero-order valence-corrected chi connectivity index (χ0v) is 9.83. The zero-order chi connectivity index (χ0) is 12.2. The molecule has 0 saturated carbocycles. The molecule has 1 aliphatic heterocycles. The van der Waals surface area contributed by atoms with Crippen LogP contribution in [0.4, 0.5) is 0 Å². The van der Waals surface area contributed by atoms with E-state index >= 15 is 0 Å². The minimum atomic E-state index is -0.868. The Labute approximate surface area is 94.6 Å². The number of hydrogen-bond acceptors (Lipinski definition) is 6. The van der Waals surface area contributed by atoms with Crippen molar-refractivity contribution in [3.63, 3.8) is 0 Å². The van der Waals surface area contributed by atoms with Gasteiger partial charge in [0, 0.05) is 6.42 Å². The maximum Gasteiger partial charge on any atom is 0.327 e. The second-order valence-electron chi connectivity index (χ2n) is 3.83. The highest BCUT2D eigenvalue weighted by Gasteiger charge is 2.45. The Hall–Kier alpha value is -1.14. The van der Waals surface area contributed by atoms with Crippen LogP contribution < -0.4 is 10.9 Å². The van der Waals surface area contributed by atoms with Crippen LogP contribution in [0.3, 0.4) is 0 Å². The van der Waals surface area contributed by atoms with Crippen molar-refractivity contribution in [2.75, 3.05) is 13.2 Å². The first-order chi connectivity index (χ1) is 7.53. The molecule has 2 atom stereocenters. The van der Waals surface area contributed by atoms with Crippen molar-refractivity contribution in [3.8, 4) is 0 Å². The van der Waals surface area contributed by atoms with E-state index in [9.17, 15) is 9.59 Å². The molecule has 1 rings (SSSR count). The third-order valence-electron chi connectivity index (χ3n) is 2.43. The molecule has 0 amide bonds. The Balaban J connectivity index is 2.56. The maximum absolute atomic E-state index is 11.6. The zero-order valence-electron chi connectivity index (χ0n) is 9.83. The van der Waals surface area contributed by atoms with Crippen LogP contribution in [0.1, 0.15) is 27.2 Å². The fraction of sp³-hybridized carbons (Fsp3) is 0.800. The van der Waals surface area contributed by atoms with Gasteiger partial charge in [0.1, 0.15) is 11.6 Å². The molecule has 0 aromatic heterocycles. The average Bonchev–Trinajstić information content (AvgIpc) is 2.63. The van der Waals surface area contributed by atoms with Gasteiger partial charge in [-0.1, -0.05) is 0 Å². The highest BCUT2D eigenvalue weighted by molar-refractivity contribution is 5.84. The minimum Gasteiger partial charge on any atom is -0.465 e. The van der Waals surface area contributed by atoms with Crippen LogP contribution in [-0.2, 0) is 19.1 Å². The lowest BCUT2D eigenvalue weighted by atomic mass is 9.97. The van der Waals surface area contributed by atoms with Crippen LogP contribution in [0.25, 0.3) is 0 Å². The fourth-order valence-corrected chi connectivity index (χ4v) is 1.57. The molecule has 2 unspecified atom stereocenters. The van der Waals surface area contributed by atoms with E-state index < -0.39 is 11.6 Å². The number of nitrogens with one attached hydrogen (secondary N) is 2. The molecule has 0 aromatic carbocycles. The van der Waals surface area contributed by atoms with Gasteiger partial charge < -0.3 is 9.47 Å². The first-order valence-corrected chi connectivity index (χ1v) is 5.40. The molecule has 16 heavy (non-hydrogen) atoms. The number of hydrazine groups is 1. The summed E-state index contributed by atoms with van der Waals surface area (Å²) in [6.07, 6.45) is 0.324. The van der Waals surface area contributed by atoms with Gasteiger partial charge in [-0.25, -0.2) is 10.9 Å².